The molecule has 0 saturated carbocycles. The Bertz CT molecular complexity index is 1010. The molecule has 2 aromatic carbocycles. The van der Waals surface area contributed by atoms with Gasteiger partial charge in [0.05, 0.1) is 20.7 Å². The molecule has 0 unspecified atom stereocenters. The van der Waals surface area contributed by atoms with Crippen molar-refractivity contribution >= 4 is 43.2 Å². The number of sulfonamides is 2. The van der Waals surface area contributed by atoms with E-state index in [0.717, 1.165) is 0 Å². The summed E-state index contributed by atoms with van der Waals surface area (Å²) in [6.45, 7) is 3.56. The fourth-order valence-corrected chi connectivity index (χ4v) is 5.12. The molecule has 2 aromatic rings. The van der Waals surface area contributed by atoms with Crippen molar-refractivity contribution in [2.45, 2.75) is 37.1 Å². The van der Waals surface area contributed by atoms with Gasteiger partial charge in [0.2, 0.25) is 20.0 Å². The van der Waals surface area contributed by atoms with E-state index in [1.54, 1.807) is 38.1 Å². The highest BCUT2D eigenvalue weighted by molar-refractivity contribution is 7.89. The van der Waals surface area contributed by atoms with Crippen LogP contribution in [0.25, 0.3) is 0 Å². The second kappa shape index (κ2) is 8.89. The van der Waals surface area contributed by atoms with Gasteiger partial charge in [0.15, 0.2) is 0 Å². The Kier molecular flexibility index (Phi) is 7.29. The van der Waals surface area contributed by atoms with E-state index < -0.39 is 20.0 Å². The number of halogens is 2. The van der Waals surface area contributed by atoms with Crippen LogP contribution in [0.2, 0.25) is 10.0 Å². The minimum absolute atomic E-state index is 0.0133. The summed E-state index contributed by atoms with van der Waals surface area (Å²) in [5, 5.41) is 0.424. The Balaban J connectivity index is 2.03. The van der Waals surface area contributed by atoms with Crippen LogP contribution in [0.15, 0.2) is 47.4 Å². The number of hydrogen-bond donors (Lipinski definition) is 2. The first-order chi connectivity index (χ1) is 12.5. The van der Waals surface area contributed by atoms with E-state index >= 15 is 0 Å². The first-order valence-corrected chi connectivity index (χ1v) is 11.9. The average molecular weight is 451 g/mol. The van der Waals surface area contributed by atoms with Crippen LogP contribution < -0.4 is 9.44 Å². The van der Waals surface area contributed by atoms with Gasteiger partial charge in [-0.1, -0.05) is 47.5 Å². The summed E-state index contributed by atoms with van der Waals surface area (Å²) in [6.07, 6.45) is 0. The summed E-state index contributed by atoms with van der Waals surface area (Å²) < 4.78 is 53.5. The molecule has 0 radical (unpaired) electrons. The second-order valence-electron chi connectivity index (χ2n) is 6.25. The molecule has 0 aliphatic rings. The zero-order chi connectivity index (χ0) is 20.2. The lowest BCUT2D eigenvalue weighted by Gasteiger charge is -2.10. The van der Waals surface area contributed by atoms with Crippen LogP contribution in [-0.4, -0.2) is 22.9 Å². The molecule has 0 heterocycles. The van der Waals surface area contributed by atoms with E-state index in [1.165, 1.54) is 18.2 Å². The Labute approximate surface area is 170 Å². The van der Waals surface area contributed by atoms with Crippen LogP contribution in [0.5, 0.6) is 0 Å². The zero-order valence-electron chi connectivity index (χ0n) is 14.7. The lowest BCUT2D eigenvalue weighted by molar-refractivity contribution is 0.569. The highest BCUT2D eigenvalue weighted by Crippen LogP contribution is 2.24. The molecule has 0 bridgehead atoms. The number of hydrogen-bond acceptors (Lipinski definition) is 4. The molecule has 0 aliphatic heterocycles. The van der Waals surface area contributed by atoms with Gasteiger partial charge >= 0.3 is 0 Å². The summed E-state index contributed by atoms with van der Waals surface area (Å²) in [7, 11) is -7.16. The molecule has 0 atom stereocenters. The Morgan fingerprint density at radius 3 is 2.04 bits per heavy atom. The van der Waals surface area contributed by atoms with Gasteiger partial charge in [-0.3, -0.25) is 0 Å². The molecule has 0 spiro atoms. The van der Waals surface area contributed by atoms with Crippen molar-refractivity contribution in [3.63, 3.8) is 0 Å². The highest BCUT2D eigenvalue weighted by Gasteiger charge is 2.16. The van der Waals surface area contributed by atoms with Gasteiger partial charge in [-0.15, -0.1) is 0 Å². The van der Waals surface area contributed by atoms with Crippen molar-refractivity contribution in [3.05, 3.63) is 63.6 Å². The van der Waals surface area contributed by atoms with Crippen molar-refractivity contribution in [3.8, 4) is 0 Å². The Morgan fingerprint density at radius 1 is 0.889 bits per heavy atom. The third-order valence-corrected chi connectivity index (χ3v) is 7.14. The van der Waals surface area contributed by atoms with E-state index in [-0.39, 0.29) is 33.3 Å². The van der Waals surface area contributed by atoms with E-state index in [4.69, 9.17) is 23.2 Å². The predicted octanol–water partition coefficient (Wildman–Crippen LogP) is 3.30. The monoisotopic (exact) mass is 450 g/mol. The fraction of sp³-hybridized carbons (Fsp3) is 0.294. The molecule has 0 fully saturated rings. The molecule has 0 amide bonds. The molecule has 148 valence electrons. The maximum Gasteiger partial charge on any atom is 0.240 e. The van der Waals surface area contributed by atoms with Gasteiger partial charge in [0.25, 0.3) is 0 Å². The third-order valence-electron chi connectivity index (χ3n) is 3.46. The van der Waals surface area contributed by atoms with Crippen molar-refractivity contribution in [1.29, 1.82) is 0 Å². The molecule has 2 rings (SSSR count). The third kappa shape index (κ3) is 6.74. The maximum absolute atomic E-state index is 12.3. The number of nitrogens with one attached hydrogen (secondary N) is 2. The predicted molar refractivity (Wildman–Crippen MR) is 108 cm³/mol. The lowest BCUT2D eigenvalue weighted by Crippen LogP contribution is -2.31. The van der Waals surface area contributed by atoms with Crippen LogP contribution in [0, 0.1) is 0 Å². The van der Waals surface area contributed by atoms with E-state index in [0.29, 0.717) is 11.1 Å². The van der Waals surface area contributed by atoms with Crippen molar-refractivity contribution in [2.75, 3.05) is 0 Å². The molecule has 0 saturated heterocycles. The quantitative estimate of drug-likeness (QED) is 0.644. The van der Waals surface area contributed by atoms with Gasteiger partial charge in [0, 0.05) is 12.6 Å². The van der Waals surface area contributed by atoms with Crippen LogP contribution in [0.1, 0.15) is 25.0 Å². The van der Waals surface area contributed by atoms with E-state index in [2.05, 4.69) is 9.44 Å². The lowest BCUT2D eigenvalue weighted by atomic mass is 10.1. The minimum Gasteiger partial charge on any atom is -0.212 e. The van der Waals surface area contributed by atoms with Gasteiger partial charge < -0.3 is 0 Å². The van der Waals surface area contributed by atoms with Crippen molar-refractivity contribution < 1.29 is 16.8 Å². The van der Waals surface area contributed by atoms with Gasteiger partial charge in [-0.25, -0.2) is 26.3 Å². The topological polar surface area (TPSA) is 92.3 Å². The zero-order valence-corrected chi connectivity index (χ0v) is 17.9. The number of rotatable bonds is 8. The minimum atomic E-state index is -3.75. The summed E-state index contributed by atoms with van der Waals surface area (Å²) in [5.41, 5.74) is 1.30. The largest absolute Gasteiger partial charge is 0.240 e. The SMILES string of the molecule is CC(C)NS(=O)(=O)Cc1ccc(CNS(=O)(=O)c2ccc(Cl)c(Cl)c2)cc1. The van der Waals surface area contributed by atoms with Crippen LogP contribution in [0.3, 0.4) is 0 Å². The van der Waals surface area contributed by atoms with E-state index in [9.17, 15) is 16.8 Å². The van der Waals surface area contributed by atoms with Crippen LogP contribution >= 0.6 is 23.2 Å². The maximum atomic E-state index is 12.3. The molecule has 10 heteroatoms. The summed E-state index contributed by atoms with van der Waals surface area (Å²) in [6, 6.07) is 10.6. The molecular formula is C17H20Cl2N2O4S2. The smallest absolute Gasteiger partial charge is 0.212 e. The van der Waals surface area contributed by atoms with Gasteiger partial charge in [-0.05, 0) is 43.2 Å². The normalized spacial score (nSPS) is 12.5. The standard InChI is InChI=1S/C17H20Cl2N2O4S2/c1-12(2)21-26(22,23)11-14-5-3-13(4-6-14)10-20-27(24,25)15-7-8-16(18)17(19)9-15/h3-9,12,20-21H,10-11H2,1-2H3. The van der Waals surface area contributed by atoms with E-state index in [1.807, 2.05) is 0 Å². The van der Waals surface area contributed by atoms with Gasteiger partial charge in [-0.2, -0.15) is 0 Å². The highest BCUT2D eigenvalue weighted by atomic mass is 35.5. The summed E-state index contributed by atoms with van der Waals surface area (Å²) >= 11 is 11.7. The van der Waals surface area contributed by atoms with Crippen LogP contribution in [0.4, 0.5) is 0 Å². The van der Waals surface area contributed by atoms with Gasteiger partial charge in [0.1, 0.15) is 0 Å². The molecular weight excluding hydrogens is 431 g/mol. The van der Waals surface area contributed by atoms with Crippen molar-refractivity contribution in [1.82, 2.24) is 9.44 Å². The number of benzene rings is 2. The van der Waals surface area contributed by atoms with Crippen molar-refractivity contribution in [2.24, 2.45) is 0 Å². The molecule has 0 aromatic heterocycles. The first kappa shape index (κ1) is 22.1. The average Bonchev–Trinajstić information content (AvgIpc) is 2.55. The summed E-state index contributed by atoms with van der Waals surface area (Å²) in [4.78, 5) is 0.0133. The molecule has 27 heavy (non-hydrogen) atoms. The van der Waals surface area contributed by atoms with Crippen LogP contribution in [-0.2, 0) is 32.3 Å². The second-order valence-corrected chi connectivity index (χ2v) is 10.6. The molecule has 2 N–H and O–H groups in total. The molecule has 0 aliphatic carbocycles. The Hall–Kier alpha value is -1.16. The summed E-state index contributed by atoms with van der Waals surface area (Å²) in [5.74, 6) is -0.138. The Morgan fingerprint density at radius 2 is 1.48 bits per heavy atom. The molecule has 6 nitrogen and oxygen atoms in total. The first-order valence-electron chi connectivity index (χ1n) is 8.01. The fourth-order valence-electron chi connectivity index (χ4n) is 2.28.